The average Bonchev–Trinajstić information content (AvgIpc) is 3.28. The SMILES string of the molecule is FC(F)(F)c1cccc(N2CCNCC2)c1.c1cc2c(cc1CN1CCNCC1)OCO2. The highest BCUT2D eigenvalue weighted by Gasteiger charge is 2.30. The number of nitrogens with one attached hydrogen (secondary N) is 2. The van der Waals surface area contributed by atoms with Gasteiger partial charge in [-0.2, -0.15) is 13.2 Å². The third-order valence-corrected chi connectivity index (χ3v) is 5.71. The summed E-state index contributed by atoms with van der Waals surface area (Å²) >= 11 is 0. The molecule has 0 aliphatic carbocycles. The van der Waals surface area contributed by atoms with Gasteiger partial charge in [-0.1, -0.05) is 12.1 Å². The zero-order chi connectivity index (χ0) is 22.4. The average molecular weight is 451 g/mol. The molecule has 0 spiro atoms. The Morgan fingerprint density at radius 2 is 1.50 bits per heavy atom. The van der Waals surface area contributed by atoms with Crippen molar-refractivity contribution in [3.8, 4) is 11.5 Å². The number of alkyl halides is 3. The molecule has 0 bridgehead atoms. The molecule has 174 valence electrons. The molecule has 3 aliphatic rings. The summed E-state index contributed by atoms with van der Waals surface area (Å²) < 4.78 is 48.2. The Kier molecular flexibility index (Phi) is 7.39. The molecular weight excluding hydrogens is 421 g/mol. The number of halogens is 3. The molecule has 0 radical (unpaired) electrons. The van der Waals surface area contributed by atoms with E-state index in [0.29, 0.717) is 12.5 Å². The number of piperazine rings is 2. The fraction of sp³-hybridized carbons (Fsp3) is 0.478. The van der Waals surface area contributed by atoms with Gasteiger partial charge in [-0.15, -0.1) is 0 Å². The molecule has 5 rings (SSSR count). The van der Waals surface area contributed by atoms with Gasteiger partial charge < -0.3 is 25.0 Å². The summed E-state index contributed by atoms with van der Waals surface area (Å²) in [6, 6.07) is 11.7. The molecule has 2 fully saturated rings. The van der Waals surface area contributed by atoms with Gasteiger partial charge >= 0.3 is 6.18 Å². The van der Waals surface area contributed by atoms with Crippen molar-refractivity contribution in [3.63, 3.8) is 0 Å². The van der Waals surface area contributed by atoms with Crippen LogP contribution < -0.4 is 25.0 Å². The highest BCUT2D eigenvalue weighted by molar-refractivity contribution is 5.49. The van der Waals surface area contributed by atoms with E-state index in [1.807, 2.05) is 11.0 Å². The molecule has 0 amide bonds. The van der Waals surface area contributed by atoms with Crippen molar-refractivity contribution < 1.29 is 22.6 Å². The molecule has 2 N–H and O–H groups in total. The van der Waals surface area contributed by atoms with Crippen LogP contribution in [0.1, 0.15) is 11.1 Å². The van der Waals surface area contributed by atoms with E-state index in [0.717, 1.165) is 76.5 Å². The first kappa shape index (κ1) is 22.7. The minimum Gasteiger partial charge on any atom is -0.454 e. The number of rotatable bonds is 3. The highest BCUT2D eigenvalue weighted by atomic mass is 19.4. The Labute approximate surface area is 186 Å². The van der Waals surface area contributed by atoms with Crippen LogP contribution in [0.15, 0.2) is 42.5 Å². The Bertz CT molecular complexity index is 882. The number of hydrogen-bond acceptors (Lipinski definition) is 6. The van der Waals surface area contributed by atoms with E-state index >= 15 is 0 Å². The van der Waals surface area contributed by atoms with E-state index in [1.165, 1.54) is 17.7 Å². The van der Waals surface area contributed by atoms with Gasteiger partial charge in [0.1, 0.15) is 0 Å². The van der Waals surface area contributed by atoms with E-state index in [9.17, 15) is 13.2 Å². The lowest BCUT2D eigenvalue weighted by molar-refractivity contribution is -0.137. The molecule has 2 aromatic rings. The highest BCUT2D eigenvalue weighted by Crippen LogP contribution is 2.33. The maximum absolute atomic E-state index is 12.5. The molecule has 3 heterocycles. The second kappa shape index (κ2) is 10.4. The van der Waals surface area contributed by atoms with Crippen molar-refractivity contribution in [2.45, 2.75) is 12.7 Å². The summed E-state index contributed by atoms with van der Waals surface area (Å²) in [4.78, 5) is 4.42. The lowest BCUT2D eigenvalue weighted by atomic mass is 10.1. The summed E-state index contributed by atoms with van der Waals surface area (Å²) in [5, 5.41) is 6.52. The molecule has 0 saturated carbocycles. The van der Waals surface area contributed by atoms with Crippen LogP contribution in [0, 0.1) is 0 Å². The lowest BCUT2D eigenvalue weighted by Crippen LogP contribution is -2.43. The van der Waals surface area contributed by atoms with Gasteiger partial charge in [0.05, 0.1) is 5.56 Å². The van der Waals surface area contributed by atoms with Crippen molar-refractivity contribution in [1.29, 1.82) is 0 Å². The third-order valence-electron chi connectivity index (χ3n) is 5.71. The number of ether oxygens (including phenoxy) is 2. The van der Waals surface area contributed by atoms with Gasteiger partial charge in [-0.05, 0) is 35.9 Å². The van der Waals surface area contributed by atoms with E-state index in [4.69, 9.17) is 9.47 Å². The van der Waals surface area contributed by atoms with Crippen molar-refractivity contribution >= 4 is 5.69 Å². The molecule has 0 atom stereocenters. The molecule has 32 heavy (non-hydrogen) atoms. The maximum atomic E-state index is 12.5. The van der Waals surface area contributed by atoms with Crippen LogP contribution in [-0.2, 0) is 12.7 Å². The number of fused-ring (bicyclic) bond motifs is 1. The zero-order valence-electron chi connectivity index (χ0n) is 18.0. The summed E-state index contributed by atoms with van der Waals surface area (Å²) in [5.41, 5.74) is 1.37. The predicted molar refractivity (Wildman–Crippen MR) is 117 cm³/mol. The van der Waals surface area contributed by atoms with Crippen molar-refractivity contribution in [3.05, 3.63) is 53.6 Å². The molecule has 2 aromatic carbocycles. The quantitative estimate of drug-likeness (QED) is 0.750. The molecule has 2 saturated heterocycles. The van der Waals surface area contributed by atoms with Gasteiger partial charge in [0.2, 0.25) is 6.79 Å². The van der Waals surface area contributed by atoms with Crippen LogP contribution in [0.3, 0.4) is 0 Å². The Morgan fingerprint density at radius 1 is 0.812 bits per heavy atom. The maximum Gasteiger partial charge on any atom is 0.416 e. The standard InChI is InChI=1S/C12H16N2O2.C11H13F3N2/c1-2-11-12(16-9-15-11)7-10(1)8-14-5-3-13-4-6-14;12-11(13,14)9-2-1-3-10(8-9)16-6-4-15-5-7-16/h1-2,7,13H,3-6,8-9H2;1-3,8,15H,4-7H2. The molecule has 3 aliphatic heterocycles. The van der Waals surface area contributed by atoms with Crippen LogP contribution in [-0.4, -0.2) is 64.1 Å². The number of nitrogens with zero attached hydrogens (tertiary/aromatic N) is 2. The molecule has 0 unspecified atom stereocenters. The first-order valence-electron chi connectivity index (χ1n) is 10.9. The first-order chi connectivity index (χ1) is 15.5. The minimum absolute atomic E-state index is 0.354. The van der Waals surface area contributed by atoms with Crippen LogP contribution in [0.5, 0.6) is 11.5 Å². The van der Waals surface area contributed by atoms with Crippen LogP contribution in [0.4, 0.5) is 18.9 Å². The van der Waals surface area contributed by atoms with Gasteiger partial charge in [-0.25, -0.2) is 0 Å². The van der Waals surface area contributed by atoms with Crippen LogP contribution >= 0.6 is 0 Å². The Hall–Kier alpha value is -2.49. The van der Waals surface area contributed by atoms with Crippen molar-refractivity contribution in [2.75, 3.05) is 64.1 Å². The Morgan fingerprint density at radius 3 is 2.22 bits per heavy atom. The van der Waals surface area contributed by atoms with Gasteiger partial charge in [0, 0.05) is 64.6 Å². The smallest absolute Gasteiger partial charge is 0.416 e. The summed E-state index contributed by atoms with van der Waals surface area (Å²) in [7, 11) is 0. The third kappa shape index (κ3) is 6.05. The zero-order valence-corrected chi connectivity index (χ0v) is 18.0. The van der Waals surface area contributed by atoms with Crippen molar-refractivity contribution in [1.82, 2.24) is 15.5 Å². The first-order valence-corrected chi connectivity index (χ1v) is 10.9. The molecule has 0 aromatic heterocycles. The fourth-order valence-electron chi connectivity index (χ4n) is 3.97. The van der Waals surface area contributed by atoms with E-state index < -0.39 is 11.7 Å². The predicted octanol–water partition coefficient (Wildman–Crippen LogP) is 2.94. The lowest BCUT2D eigenvalue weighted by Gasteiger charge is -2.29. The van der Waals surface area contributed by atoms with E-state index in [2.05, 4.69) is 27.7 Å². The normalized spacial score (nSPS) is 18.8. The minimum atomic E-state index is -4.26. The monoisotopic (exact) mass is 450 g/mol. The molecular formula is C23H29F3N4O2. The number of benzene rings is 2. The second-order valence-electron chi connectivity index (χ2n) is 8.00. The van der Waals surface area contributed by atoms with Gasteiger partial charge in [0.15, 0.2) is 11.5 Å². The fourth-order valence-corrected chi connectivity index (χ4v) is 3.97. The summed E-state index contributed by atoms with van der Waals surface area (Å²) in [5.74, 6) is 1.75. The largest absolute Gasteiger partial charge is 0.454 e. The van der Waals surface area contributed by atoms with Gasteiger partial charge in [0.25, 0.3) is 0 Å². The van der Waals surface area contributed by atoms with Crippen LogP contribution in [0.2, 0.25) is 0 Å². The molecule has 9 heteroatoms. The van der Waals surface area contributed by atoms with Gasteiger partial charge in [-0.3, -0.25) is 4.90 Å². The van der Waals surface area contributed by atoms with Crippen LogP contribution in [0.25, 0.3) is 0 Å². The second-order valence-corrected chi connectivity index (χ2v) is 8.00. The molecule has 6 nitrogen and oxygen atoms in total. The topological polar surface area (TPSA) is 49.0 Å². The number of anilines is 1. The number of hydrogen-bond donors (Lipinski definition) is 2. The summed E-state index contributed by atoms with van der Waals surface area (Å²) in [6.45, 7) is 8.90. The van der Waals surface area contributed by atoms with E-state index in [-0.39, 0.29) is 0 Å². The van der Waals surface area contributed by atoms with Crippen molar-refractivity contribution in [2.24, 2.45) is 0 Å². The Balaban J connectivity index is 0.000000153. The van der Waals surface area contributed by atoms with E-state index in [1.54, 1.807) is 6.07 Å². The summed E-state index contributed by atoms with van der Waals surface area (Å²) in [6.07, 6.45) is -4.26.